The Bertz CT molecular complexity index is 502. The zero-order chi connectivity index (χ0) is 12.8. The van der Waals surface area contributed by atoms with Crippen molar-refractivity contribution >= 4 is 5.78 Å². The molecule has 0 aromatic heterocycles. The molecule has 0 spiro atoms. The van der Waals surface area contributed by atoms with E-state index in [1.54, 1.807) is 0 Å². The van der Waals surface area contributed by atoms with Crippen molar-refractivity contribution in [1.82, 2.24) is 0 Å². The van der Waals surface area contributed by atoms with Crippen molar-refractivity contribution in [2.75, 3.05) is 6.54 Å². The highest BCUT2D eigenvalue weighted by atomic mass is 16.1. The van der Waals surface area contributed by atoms with Crippen LogP contribution in [-0.4, -0.2) is 12.3 Å². The minimum atomic E-state index is 0.115. The lowest BCUT2D eigenvalue weighted by Gasteiger charge is -2.03. The van der Waals surface area contributed by atoms with E-state index in [1.807, 2.05) is 42.5 Å². The van der Waals surface area contributed by atoms with E-state index in [9.17, 15) is 4.79 Å². The number of carbonyl (C=O) groups is 1. The van der Waals surface area contributed by atoms with Gasteiger partial charge >= 0.3 is 0 Å². The van der Waals surface area contributed by atoms with Crippen LogP contribution in [0.2, 0.25) is 0 Å². The fraction of sp³-hybridized carbons (Fsp3) is 0.188. The third-order valence-corrected chi connectivity index (χ3v) is 2.90. The monoisotopic (exact) mass is 239 g/mol. The van der Waals surface area contributed by atoms with Gasteiger partial charge in [-0.15, -0.1) is 0 Å². The van der Waals surface area contributed by atoms with Crippen LogP contribution in [-0.2, 0) is 6.42 Å². The summed E-state index contributed by atoms with van der Waals surface area (Å²) in [6, 6.07) is 18.1. The van der Waals surface area contributed by atoms with E-state index in [0.717, 1.165) is 12.0 Å². The molecular formula is C16H17NO. The minimum absolute atomic E-state index is 0.115. The van der Waals surface area contributed by atoms with Gasteiger partial charge in [-0.2, -0.15) is 0 Å². The van der Waals surface area contributed by atoms with Gasteiger partial charge in [0.1, 0.15) is 0 Å². The number of ketones is 1. The Kier molecular flexibility index (Phi) is 4.26. The third-order valence-electron chi connectivity index (χ3n) is 2.90. The van der Waals surface area contributed by atoms with Crippen LogP contribution in [0.4, 0.5) is 0 Å². The topological polar surface area (TPSA) is 43.1 Å². The second-order valence-electron chi connectivity index (χ2n) is 4.32. The molecule has 2 heteroatoms. The molecule has 2 aromatic carbocycles. The molecule has 0 bridgehead atoms. The molecule has 92 valence electrons. The lowest BCUT2D eigenvalue weighted by Crippen LogP contribution is -2.08. The molecule has 2 aromatic rings. The molecule has 0 aliphatic rings. The third kappa shape index (κ3) is 3.28. The lowest BCUT2D eigenvalue weighted by atomic mass is 10.0. The average Bonchev–Trinajstić information content (AvgIpc) is 2.41. The van der Waals surface area contributed by atoms with Crippen molar-refractivity contribution in [3.8, 4) is 0 Å². The van der Waals surface area contributed by atoms with Gasteiger partial charge in [0.15, 0.2) is 5.78 Å². The minimum Gasteiger partial charge on any atom is -0.330 e. The number of nitrogens with two attached hydrogens (primary N) is 1. The molecule has 0 atom stereocenters. The van der Waals surface area contributed by atoms with Crippen molar-refractivity contribution < 1.29 is 4.79 Å². The molecule has 0 fully saturated rings. The average molecular weight is 239 g/mol. The SMILES string of the molecule is NCCC(=O)c1ccc(Cc2ccccc2)cc1. The number of hydrogen-bond donors (Lipinski definition) is 1. The molecule has 18 heavy (non-hydrogen) atoms. The zero-order valence-corrected chi connectivity index (χ0v) is 10.3. The Labute approximate surface area is 107 Å². The largest absolute Gasteiger partial charge is 0.330 e. The Morgan fingerprint density at radius 3 is 2.11 bits per heavy atom. The van der Waals surface area contributed by atoms with Crippen LogP contribution in [0.5, 0.6) is 0 Å². The highest BCUT2D eigenvalue weighted by Gasteiger charge is 2.04. The van der Waals surface area contributed by atoms with Gasteiger partial charge in [-0.05, 0) is 24.1 Å². The maximum atomic E-state index is 11.6. The molecule has 0 aliphatic heterocycles. The second kappa shape index (κ2) is 6.12. The van der Waals surface area contributed by atoms with Crippen LogP contribution < -0.4 is 5.73 Å². The van der Waals surface area contributed by atoms with Gasteiger partial charge in [-0.25, -0.2) is 0 Å². The Morgan fingerprint density at radius 2 is 1.50 bits per heavy atom. The van der Waals surface area contributed by atoms with Crippen LogP contribution >= 0.6 is 0 Å². The van der Waals surface area contributed by atoms with E-state index in [0.29, 0.717) is 13.0 Å². The Balaban J connectivity index is 2.06. The number of benzene rings is 2. The smallest absolute Gasteiger partial charge is 0.164 e. The first-order chi connectivity index (χ1) is 8.79. The van der Waals surface area contributed by atoms with Crippen LogP contribution in [0, 0.1) is 0 Å². The van der Waals surface area contributed by atoms with Gasteiger partial charge in [0.05, 0.1) is 0 Å². The summed E-state index contributed by atoms with van der Waals surface area (Å²) in [6.45, 7) is 0.407. The highest BCUT2D eigenvalue weighted by molar-refractivity contribution is 5.96. The standard InChI is InChI=1S/C16H17NO/c17-11-10-16(18)15-8-6-14(7-9-15)12-13-4-2-1-3-5-13/h1-9H,10-12,17H2. The molecule has 0 saturated carbocycles. The van der Waals surface area contributed by atoms with Gasteiger partial charge in [0.25, 0.3) is 0 Å². The Hall–Kier alpha value is -1.93. The molecule has 0 saturated heterocycles. The van der Waals surface area contributed by atoms with Crippen molar-refractivity contribution in [3.63, 3.8) is 0 Å². The van der Waals surface area contributed by atoms with E-state index >= 15 is 0 Å². The summed E-state index contributed by atoms with van der Waals surface area (Å²) in [7, 11) is 0. The van der Waals surface area contributed by atoms with Crippen molar-refractivity contribution in [1.29, 1.82) is 0 Å². The van der Waals surface area contributed by atoms with Crippen LogP contribution in [0.15, 0.2) is 54.6 Å². The molecule has 2 nitrogen and oxygen atoms in total. The van der Waals surface area contributed by atoms with Crippen molar-refractivity contribution in [3.05, 3.63) is 71.3 Å². The fourth-order valence-electron chi connectivity index (χ4n) is 1.92. The molecule has 0 unspecified atom stereocenters. The maximum Gasteiger partial charge on any atom is 0.164 e. The molecule has 0 aliphatic carbocycles. The maximum absolute atomic E-state index is 11.6. The summed E-state index contributed by atoms with van der Waals surface area (Å²) >= 11 is 0. The van der Waals surface area contributed by atoms with Crippen molar-refractivity contribution in [2.45, 2.75) is 12.8 Å². The Morgan fingerprint density at radius 1 is 0.889 bits per heavy atom. The van der Waals surface area contributed by atoms with Gasteiger partial charge in [0, 0.05) is 12.0 Å². The van der Waals surface area contributed by atoms with Crippen LogP contribution in [0.25, 0.3) is 0 Å². The number of hydrogen-bond acceptors (Lipinski definition) is 2. The van der Waals surface area contributed by atoms with E-state index in [4.69, 9.17) is 5.73 Å². The summed E-state index contributed by atoms with van der Waals surface area (Å²) < 4.78 is 0. The normalized spacial score (nSPS) is 10.3. The van der Waals surface area contributed by atoms with Crippen LogP contribution in [0.1, 0.15) is 27.9 Å². The molecule has 0 radical (unpaired) electrons. The first kappa shape index (κ1) is 12.5. The van der Waals surface area contributed by atoms with Gasteiger partial charge in [-0.3, -0.25) is 4.79 Å². The van der Waals surface area contributed by atoms with Gasteiger partial charge in [-0.1, -0.05) is 54.6 Å². The molecular weight excluding hydrogens is 222 g/mol. The quantitative estimate of drug-likeness (QED) is 0.815. The van der Waals surface area contributed by atoms with E-state index < -0.39 is 0 Å². The van der Waals surface area contributed by atoms with Gasteiger partial charge in [0.2, 0.25) is 0 Å². The van der Waals surface area contributed by atoms with Gasteiger partial charge < -0.3 is 5.73 Å². The van der Waals surface area contributed by atoms with E-state index in [2.05, 4.69) is 12.1 Å². The van der Waals surface area contributed by atoms with E-state index in [-0.39, 0.29) is 5.78 Å². The zero-order valence-electron chi connectivity index (χ0n) is 10.3. The fourth-order valence-corrected chi connectivity index (χ4v) is 1.92. The predicted octanol–water partition coefficient (Wildman–Crippen LogP) is 2.81. The summed E-state index contributed by atoms with van der Waals surface area (Å²) in [5.74, 6) is 0.115. The molecule has 0 heterocycles. The highest BCUT2D eigenvalue weighted by Crippen LogP contribution is 2.11. The molecule has 2 N–H and O–H groups in total. The van der Waals surface area contributed by atoms with Crippen LogP contribution in [0.3, 0.4) is 0 Å². The summed E-state index contributed by atoms with van der Waals surface area (Å²) in [4.78, 5) is 11.6. The van der Waals surface area contributed by atoms with E-state index in [1.165, 1.54) is 11.1 Å². The summed E-state index contributed by atoms with van der Waals surface area (Å²) in [5.41, 5.74) is 8.62. The second-order valence-corrected chi connectivity index (χ2v) is 4.32. The number of Topliss-reactive ketones (excluding diaryl/α,β-unsaturated/α-hetero) is 1. The summed E-state index contributed by atoms with van der Waals surface area (Å²) in [6.07, 6.45) is 1.31. The first-order valence-electron chi connectivity index (χ1n) is 6.16. The summed E-state index contributed by atoms with van der Waals surface area (Å²) in [5, 5.41) is 0. The lowest BCUT2D eigenvalue weighted by molar-refractivity contribution is 0.0985. The number of carbonyl (C=O) groups excluding carboxylic acids is 1. The predicted molar refractivity (Wildman–Crippen MR) is 73.7 cm³/mol. The molecule has 2 rings (SSSR count). The number of rotatable bonds is 5. The van der Waals surface area contributed by atoms with Crippen molar-refractivity contribution in [2.24, 2.45) is 5.73 Å². The first-order valence-corrected chi connectivity index (χ1v) is 6.16. The molecule has 0 amide bonds.